The van der Waals surface area contributed by atoms with Gasteiger partial charge in [0.2, 0.25) is 21.8 Å². The number of rotatable bonds is 11. The summed E-state index contributed by atoms with van der Waals surface area (Å²) in [4.78, 5) is 27.2. The zero-order valence-electron chi connectivity index (χ0n) is 20.2. The van der Waals surface area contributed by atoms with E-state index in [-0.39, 0.29) is 24.8 Å². The Hall–Kier alpha value is -2.87. The van der Waals surface area contributed by atoms with Crippen LogP contribution in [0.25, 0.3) is 0 Å². The third kappa shape index (κ3) is 7.89. The van der Waals surface area contributed by atoms with E-state index in [0.29, 0.717) is 25.2 Å². The fourth-order valence-corrected chi connectivity index (χ4v) is 4.66. The minimum atomic E-state index is -3.50. The molecular formula is C25H35N3O4S. The molecule has 0 aromatic heterocycles. The number of carbonyl (C=O) groups excluding carboxylic acids is 2. The Labute approximate surface area is 197 Å². The minimum absolute atomic E-state index is 0.132. The lowest BCUT2D eigenvalue weighted by Gasteiger charge is -2.29. The molecule has 0 aliphatic rings. The molecule has 0 fully saturated rings. The number of hydrogen-bond acceptors (Lipinski definition) is 4. The summed E-state index contributed by atoms with van der Waals surface area (Å²) in [6.45, 7) is 8.41. The molecule has 0 saturated carbocycles. The summed E-state index contributed by atoms with van der Waals surface area (Å²) in [5.74, 6) is -0.399. The largest absolute Gasteiger partial charge is 0.355 e. The van der Waals surface area contributed by atoms with Gasteiger partial charge < -0.3 is 10.2 Å². The molecule has 1 unspecified atom stereocenters. The van der Waals surface area contributed by atoms with Crippen molar-refractivity contribution < 1.29 is 18.0 Å². The van der Waals surface area contributed by atoms with Gasteiger partial charge in [-0.1, -0.05) is 42.0 Å². The van der Waals surface area contributed by atoms with Crippen LogP contribution in [0.5, 0.6) is 0 Å². The third-order valence-electron chi connectivity index (χ3n) is 5.40. The predicted octanol–water partition coefficient (Wildman–Crippen LogP) is 3.40. The van der Waals surface area contributed by atoms with Crippen molar-refractivity contribution in [1.29, 1.82) is 0 Å². The molecule has 1 atom stereocenters. The summed E-state index contributed by atoms with van der Waals surface area (Å²) < 4.78 is 26.1. The maximum atomic E-state index is 13.2. The smallest absolute Gasteiger partial charge is 0.242 e. The summed E-state index contributed by atoms with van der Waals surface area (Å²) in [5, 5.41) is 2.78. The average Bonchev–Trinajstić information content (AvgIpc) is 2.73. The number of nitrogens with zero attached hydrogens (tertiary/aromatic N) is 2. The molecule has 0 aliphatic carbocycles. The summed E-state index contributed by atoms with van der Waals surface area (Å²) in [6, 6.07) is 14.5. The molecule has 1 N–H and O–H groups in total. The lowest BCUT2D eigenvalue weighted by atomic mass is 10.1. The first-order valence-corrected chi connectivity index (χ1v) is 13.0. The fraction of sp³-hybridized carbons (Fsp3) is 0.440. The highest BCUT2D eigenvalue weighted by Crippen LogP contribution is 2.20. The molecule has 0 spiro atoms. The number of hydrogen-bond donors (Lipinski definition) is 1. The first-order valence-electron chi connectivity index (χ1n) is 11.2. The monoisotopic (exact) mass is 473 g/mol. The van der Waals surface area contributed by atoms with Gasteiger partial charge in [0, 0.05) is 26.1 Å². The number of likely N-dealkylation sites (N-methyl/N-ethyl adjacent to an activating group) is 1. The zero-order valence-corrected chi connectivity index (χ0v) is 21.0. The molecule has 2 aromatic carbocycles. The SMILES string of the molecule is CCNC(=O)C(C)N(Cc1cccc(C)c1)C(=O)CCCN(c1cccc(C)c1)S(C)(=O)=O. The van der Waals surface area contributed by atoms with Gasteiger partial charge in [-0.05, 0) is 57.4 Å². The first kappa shape index (κ1) is 26.4. The van der Waals surface area contributed by atoms with Gasteiger partial charge in [-0.2, -0.15) is 0 Å². The number of carbonyl (C=O) groups is 2. The molecule has 0 saturated heterocycles. The number of nitrogens with one attached hydrogen (secondary N) is 1. The predicted molar refractivity (Wildman–Crippen MR) is 132 cm³/mol. The van der Waals surface area contributed by atoms with Gasteiger partial charge in [0.1, 0.15) is 6.04 Å². The molecule has 7 nitrogen and oxygen atoms in total. The highest BCUT2D eigenvalue weighted by molar-refractivity contribution is 7.92. The highest BCUT2D eigenvalue weighted by Gasteiger charge is 2.26. The standard InChI is InChI=1S/C25H35N3O4S/c1-6-26-25(30)21(4)27(18-22-12-7-10-19(2)16-22)24(29)14-9-15-28(33(5,31)32)23-13-8-11-20(3)17-23/h7-8,10-13,16-17,21H,6,9,14-15,18H2,1-5H3,(H,26,30). The van der Waals surface area contributed by atoms with Crippen molar-refractivity contribution in [1.82, 2.24) is 10.2 Å². The normalized spacial score (nSPS) is 12.2. The Bertz CT molecular complexity index is 1070. The molecule has 180 valence electrons. The van der Waals surface area contributed by atoms with Crippen LogP contribution in [-0.4, -0.2) is 50.5 Å². The zero-order chi connectivity index (χ0) is 24.6. The van der Waals surface area contributed by atoms with Gasteiger partial charge in [0.15, 0.2) is 0 Å². The lowest BCUT2D eigenvalue weighted by Crippen LogP contribution is -2.47. The van der Waals surface area contributed by atoms with Crippen molar-refractivity contribution in [3.05, 3.63) is 65.2 Å². The van der Waals surface area contributed by atoms with Gasteiger partial charge in [-0.25, -0.2) is 8.42 Å². The van der Waals surface area contributed by atoms with E-state index in [4.69, 9.17) is 0 Å². The summed E-state index contributed by atoms with van der Waals surface area (Å²) in [5.41, 5.74) is 3.55. The molecule has 0 aliphatic heterocycles. The number of benzene rings is 2. The number of sulfonamides is 1. The van der Waals surface area contributed by atoms with Crippen molar-refractivity contribution in [2.24, 2.45) is 0 Å². The van der Waals surface area contributed by atoms with Crippen molar-refractivity contribution >= 4 is 27.5 Å². The Kier molecular flexibility index (Phi) is 9.46. The maximum absolute atomic E-state index is 13.2. The van der Waals surface area contributed by atoms with E-state index in [1.165, 1.54) is 10.6 Å². The molecule has 0 heterocycles. The average molecular weight is 474 g/mol. The summed E-state index contributed by atoms with van der Waals surface area (Å²) in [7, 11) is -3.50. The molecule has 2 rings (SSSR count). The van der Waals surface area contributed by atoms with Crippen LogP contribution in [0.15, 0.2) is 48.5 Å². The Morgan fingerprint density at radius 1 is 1.03 bits per heavy atom. The molecule has 8 heteroatoms. The molecule has 0 bridgehead atoms. The molecule has 33 heavy (non-hydrogen) atoms. The first-order chi connectivity index (χ1) is 15.5. The van der Waals surface area contributed by atoms with E-state index in [9.17, 15) is 18.0 Å². The quantitative estimate of drug-likeness (QED) is 0.542. The van der Waals surface area contributed by atoms with E-state index in [0.717, 1.165) is 16.7 Å². The lowest BCUT2D eigenvalue weighted by molar-refractivity contribution is -0.140. The Morgan fingerprint density at radius 2 is 1.67 bits per heavy atom. The van der Waals surface area contributed by atoms with Gasteiger partial charge in [-0.15, -0.1) is 0 Å². The highest BCUT2D eigenvalue weighted by atomic mass is 32.2. The van der Waals surface area contributed by atoms with Crippen molar-refractivity contribution in [2.75, 3.05) is 23.7 Å². The Balaban J connectivity index is 2.15. The summed E-state index contributed by atoms with van der Waals surface area (Å²) in [6.07, 6.45) is 1.64. The van der Waals surface area contributed by atoms with Gasteiger partial charge in [-0.3, -0.25) is 13.9 Å². The van der Waals surface area contributed by atoms with Crippen LogP contribution in [0.2, 0.25) is 0 Å². The second-order valence-corrected chi connectivity index (χ2v) is 10.3. The van der Waals surface area contributed by atoms with Gasteiger partial charge in [0.25, 0.3) is 0 Å². The van der Waals surface area contributed by atoms with Crippen LogP contribution in [0.4, 0.5) is 5.69 Å². The van der Waals surface area contributed by atoms with E-state index >= 15 is 0 Å². The second kappa shape index (κ2) is 11.8. The van der Waals surface area contributed by atoms with Gasteiger partial charge in [0.05, 0.1) is 11.9 Å². The van der Waals surface area contributed by atoms with Crippen molar-refractivity contribution in [3.8, 4) is 0 Å². The van der Waals surface area contributed by atoms with Crippen LogP contribution in [-0.2, 0) is 26.2 Å². The van der Waals surface area contributed by atoms with Crippen LogP contribution in [0.3, 0.4) is 0 Å². The van der Waals surface area contributed by atoms with Crippen LogP contribution in [0, 0.1) is 13.8 Å². The van der Waals surface area contributed by atoms with E-state index in [1.807, 2.05) is 63.2 Å². The van der Waals surface area contributed by atoms with Crippen molar-refractivity contribution in [3.63, 3.8) is 0 Å². The van der Waals surface area contributed by atoms with E-state index < -0.39 is 16.1 Å². The number of amides is 2. The topological polar surface area (TPSA) is 86.8 Å². The van der Waals surface area contributed by atoms with E-state index in [1.54, 1.807) is 17.9 Å². The molecular weight excluding hydrogens is 438 g/mol. The number of anilines is 1. The molecule has 2 aromatic rings. The minimum Gasteiger partial charge on any atom is -0.355 e. The fourth-order valence-electron chi connectivity index (χ4n) is 3.70. The van der Waals surface area contributed by atoms with Crippen LogP contribution in [0.1, 0.15) is 43.4 Å². The van der Waals surface area contributed by atoms with Gasteiger partial charge >= 0.3 is 0 Å². The Morgan fingerprint density at radius 3 is 2.24 bits per heavy atom. The van der Waals surface area contributed by atoms with Crippen LogP contribution >= 0.6 is 0 Å². The van der Waals surface area contributed by atoms with Crippen molar-refractivity contribution in [2.45, 2.75) is 53.1 Å². The molecule has 0 radical (unpaired) electrons. The second-order valence-electron chi connectivity index (χ2n) is 8.36. The maximum Gasteiger partial charge on any atom is 0.242 e. The third-order valence-corrected chi connectivity index (χ3v) is 6.59. The summed E-state index contributed by atoms with van der Waals surface area (Å²) >= 11 is 0. The van der Waals surface area contributed by atoms with Crippen LogP contribution < -0.4 is 9.62 Å². The van der Waals surface area contributed by atoms with E-state index in [2.05, 4.69) is 5.32 Å². The number of aryl methyl sites for hydroxylation is 2. The molecule has 2 amide bonds.